The molecule has 1 aliphatic rings. The predicted molar refractivity (Wildman–Crippen MR) is 111 cm³/mol. The summed E-state index contributed by atoms with van der Waals surface area (Å²) in [4.78, 5) is 8.72. The average molecular weight is 474 g/mol. The van der Waals surface area contributed by atoms with Gasteiger partial charge in [0.15, 0.2) is 17.5 Å². The van der Waals surface area contributed by atoms with Crippen LogP contribution in [0.3, 0.4) is 0 Å². The number of hydrogen-bond donors (Lipinski definition) is 2. The summed E-state index contributed by atoms with van der Waals surface area (Å²) in [6.45, 7) is 3.87. The Morgan fingerprint density at radius 1 is 1.28 bits per heavy atom. The topological polar surface area (TPSA) is 67.8 Å². The van der Waals surface area contributed by atoms with Crippen molar-refractivity contribution in [2.24, 2.45) is 4.99 Å². The molecule has 8 heteroatoms. The number of nitrogens with zero attached hydrogens (tertiary/aromatic N) is 2. The smallest absolute Gasteiger partial charge is 0.231 e. The van der Waals surface area contributed by atoms with Gasteiger partial charge in [-0.05, 0) is 31.0 Å². The largest absolute Gasteiger partial charge is 0.454 e. The molecule has 2 N–H and O–H groups in total. The molecule has 0 bridgehead atoms. The first-order valence-corrected chi connectivity index (χ1v) is 8.86. The summed E-state index contributed by atoms with van der Waals surface area (Å²) in [7, 11) is 1.78. The minimum Gasteiger partial charge on any atom is -0.454 e. The molecule has 0 amide bonds. The quantitative estimate of drug-likeness (QED) is 0.292. The van der Waals surface area contributed by atoms with E-state index in [1.807, 2.05) is 25.1 Å². The Morgan fingerprint density at radius 3 is 2.88 bits per heavy atom. The van der Waals surface area contributed by atoms with E-state index in [0.29, 0.717) is 13.3 Å². The lowest BCUT2D eigenvalue weighted by Crippen LogP contribution is -2.37. The average Bonchev–Trinajstić information content (AvgIpc) is 3.22. The number of guanidine groups is 1. The Morgan fingerprint density at radius 2 is 2.12 bits per heavy atom. The number of halogens is 1. The van der Waals surface area contributed by atoms with Crippen molar-refractivity contribution in [2.75, 3.05) is 20.4 Å². The molecular weight excluding hydrogens is 451 g/mol. The van der Waals surface area contributed by atoms with Crippen LogP contribution in [0.5, 0.6) is 11.5 Å². The zero-order valence-electron chi connectivity index (χ0n) is 14.4. The number of fused-ring (bicyclic) bond motifs is 1. The summed E-state index contributed by atoms with van der Waals surface area (Å²) in [5, 5.41) is 9.92. The highest BCUT2D eigenvalue weighted by Crippen LogP contribution is 2.32. The van der Waals surface area contributed by atoms with Crippen molar-refractivity contribution in [2.45, 2.75) is 26.3 Å². The number of aliphatic imine (C=N–C) groups is 1. The van der Waals surface area contributed by atoms with Crippen molar-refractivity contribution in [3.05, 3.63) is 39.8 Å². The summed E-state index contributed by atoms with van der Waals surface area (Å²) >= 11 is 1.72. The van der Waals surface area contributed by atoms with Gasteiger partial charge in [-0.2, -0.15) is 0 Å². The maximum atomic E-state index is 5.39. The fourth-order valence-electron chi connectivity index (χ4n) is 2.42. The third kappa shape index (κ3) is 5.74. The van der Waals surface area contributed by atoms with Crippen LogP contribution in [-0.4, -0.2) is 31.3 Å². The lowest BCUT2D eigenvalue weighted by molar-refractivity contribution is 0.174. The molecule has 0 aliphatic carbocycles. The first kappa shape index (κ1) is 19.8. The Bertz CT molecular complexity index is 720. The van der Waals surface area contributed by atoms with E-state index in [4.69, 9.17) is 9.47 Å². The van der Waals surface area contributed by atoms with E-state index in [2.05, 4.69) is 26.0 Å². The van der Waals surface area contributed by atoms with Gasteiger partial charge in [0, 0.05) is 37.6 Å². The van der Waals surface area contributed by atoms with Gasteiger partial charge in [-0.3, -0.25) is 4.99 Å². The summed E-state index contributed by atoms with van der Waals surface area (Å²) < 4.78 is 10.7. The van der Waals surface area contributed by atoms with Gasteiger partial charge in [0.2, 0.25) is 6.79 Å². The van der Waals surface area contributed by atoms with Crippen molar-refractivity contribution < 1.29 is 9.47 Å². The minimum atomic E-state index is 0. The predicted octanol–water partition coefficient (Wildman–Crippen LogP) is 3.10. The van der Waals surface area contributed by atoms with E-state index < -0.39 is 0 Å². The summed E-state index contributed by atoms with van der Waals surface area (Å²) in [5.41, 5.74) is 2.23. The molecule has 1 aliphatic heterocycles. The van der Waals surface area contributed by atoms with Crippen LogP contribution in [0.4, 0.5) is 0 Å². The molecule has 25 heavy (non-hydrogen) atoms. The SMILES string of the molecule is CN=C(NCCCc1nc(C)cs1)NCc1ccc2c(c1)OCO2.I. The van der Waals surface area contributed by atoms with Gasteiger partial charge in [0.1, 0.15) is 0 Å². The molecule has 1 aromatic carbocycles. The number of nitrogens with one attached hydrogen (secondary N) is 2. The molecule has 0 spiro atoms. The van der Waals surface area contributed by atoms with Crippen molar-refractivity contribution in [1.82, 2.24) is 15.6 Å². The van der Waals surface area contributed by atoms with E-state index >= 15 is 0 Å². The van der Waals surface area contributed by atoms with E-state index in [9.17, 15) is 0 Å². The number of rotatable bonds is 6. The monoisotopic (exact) mass is 474 g/mol. The second kappa shape index (κ2) is 9.81. The zero-order valence-corrected chi connectivity index (χ0v) is 17.5. The molecule has 136 valence electrons. The van der Waals surface area contributed by atoms with Crippen molar-refractivity contribution in [3.63, 3.8) is 0 Å². The van der Waals surface area contributed by atoms with Crippen molar-refractivity contribution in [3.8, 4) is 11.5 Å². The molecule has 2 heterocycles. The maximum absolute atomic E-state index is 5.39. The number of thiazole rings is 1. The Balaban J connectivity index is 0.00000225. The molecule has 0 radical (unpaired) electrons. The standard InChI is InChI=1S/C17H22N4O2S.HI/c1-12-10-24-16(21-12)4-3-7-19-17(18-2)20-9-13-5-6-14-15(8-13)23-11-22-14;/h5-6,8,10H,3-4,7,9,11H2,1-2H3,(H2,18,19,20);1H. The van der Waals surface area contributed by atoms with Crippen LogP contribution in [0.15, 0.2) is 28.6 Å². The van der Waals surface area contributed by atoms with Crippen LogP contribution >= 0.6 is 35.3 Å². The van der Waals surface area contributed by atoms with Crippen LogP contribution in [0, 0.1) is 6.92 Å². The fourth-order valence-corrected chi connectivity index (χ4v) is 3.24. The van der Waals surface area contributed by atoms with Gasteiger partial charge in [-0.1, -0.05) is 6.07 Å². The lowest BCUT2D eigenvalue weighted by atomic mass is 10.2. The zero-order chi connectivity index (χ0) is 16.8. The van der Waals surface area contributed by atoms with Crippen LogP contribution in [-0.2, 0) is 13.0 Å². The summed E-state index contributed by atoms with van der Waals surface area (Å²) in [6.07, 6.45) is 2.02. The highest BCUT2D eigenvalue weighted by Gasteiger charge is 2.13. The highest BCUT2D eigenvalue weighted by molar-refractivity contribution is 14.0. The molecule has 2 aromatic rings. The molecular formula is C17H23IN4O2S. The number of ether oxygens (including phenoxy) is 2. The number of benzene rings is 1. The third-order valence-electron chi connectivity index (χ3n) is 3.65. The molecule has 6 nitrogen and oxygen atoms in total. The summed E-state index contributed by atoms with van der Waals surface area (Å²) in [6, 6.07) is 5.96. The van der Waals surface area contributed by atoms with Gasteiger partial charge in [-0.15, -0.1) is 35.3 Å². The first-order chi connectivity index (χ1) is 11.7. The van der Waals surface area contributed by atoms with Crippen LogP contribution in [0.1, 0.15) is 22.7 Å². The van der Waals surface area contributed by atoms with E-state index in [0.717, 1.165) is 48.1 Å². The molecule has 0 atom stereocenters. The third-order valence-corrected chi connectivity index (χ3v) is 4.67. The fraction of sp³-hybridized carbons (Fsp3) is 0.412. The number of hydrogen-bond acceptors (Lipinski definition) is 5. The van der Waals surface area contributed by atoms with Crippen LogP contribution < -0.4 is 20.1 Å². The van der Waals surface area contributed by atoms with E-state index in [-0.39, 0.29) is 24.0 Å². The number of aromatic nitrogens is 1. The normalized spacial score (nSPS) is 12.6. The maximum Gasteiger partial charge on any atom is 0.231 e. The Hall–Kier alpha value is -1.55. The summed E-state index contributed by atoms with van der Waals surface area (Å²) in [5.74, 6) is 2.40. The molecule has 0 saturated carbocycles. The highest BCUT2D eigenvalue weighted by atomic mass is 127. The lowest BCUT2D eigenvalue weighted by Gasteiger charge is -2.12. The van der Waals surface area contributed by atoms with Crippen molar-refractivity contribution in [1.29, 1.82) is 0 Å². The first-order valence-electron chi connectivity index (χ1n) is 7.98. The molecule has 0 saturated heterocycles. The number of aryl methyl sites for hydroxylation is 2. The van der Waals surface area contributed by atoms with Gasteiger partial charge in [-0.25, -0.2) is 4.98 Å². The van der Waals surface area contributed by atoms with Gasteiger partial charge in [0.25, 0.3) is 0 Å². The van der Waals surface area contributed by atoms with Crippen LogP contribution in [0.2, 0.25) is 0 Å². The second-order valence-corrected chi connectivity index (χ2v) is 6.47. The minimum absolute atomic E-state index is 0. The van der Waals surface area contributed by atoms with Gasteiger partial charge >= 0.3 is 0 Å². The van der Waals surface area contributed by atoms with Crippen molar-refractivity contribution >= 4 is 41.3 Å². The Kier molecular flexibility index (Phi) is 7.76. The Labute approximate surface area is 169 Å². The van der Waals surface area contributed by atoms with Gasteiger partial charge < -0.3 is 20.1 Å². The van der Waals surface area contributed by atoms with E-state index in [1.165, 1.54) is 5.01 Å². The van der Waals surface area contributed by atoms with Crippen LogP contribution in [0.25, 0.3) is 0 Å². The molecule has 1 aromatic heterocycles. The van der Waals surface area contributed by atoms with Gasteiger partial charge in [0.05, 0.1) is 5.01 Å². The second-order valence-electron chi connectivity index (χ2n) is 5.53. The molecule has 0 fully saturated rings. The molecule has 3 rings (SSSR count). The molecule has 0 unspecified atom stereocenters. The van der Waals surface area contributed by atoms with E-state index in [1.54, 1.807) is 18.4 Å².